The summed E-state index contributed by atoms with van der Waals surface area (Å²) < 4.78 is 26.5. The highest BCUT2D eigenvalue weighted by atomic mass is 32.2. The van der Waals surface area contributed by atoms with Gasteiger partial charge in [-0.1, -0.05) is 31.9 Å². The van der Waals surface area contributed by atoms with Crippen molar-refractivity contribution in [2.75, 3.05) is 12.3 Å². The zero-order chi connectivity index (χ0) is 14.6. The summed E-state index contributed by atoms with van der Waals surface area (Å²) in [5, 5.41) is 5.16. The van der Waals surface area contributed by atoms with E-state index in [-0.39, 0.29) is 10.8 Å². The molecule has 0 fully saturated rings. The van der Waals surface area contributed by atoms with Crippen LogP contribution in [0.4, 0.5) is 0 Å². The first-order valence-corrected chi connectivity index (χ1v) is 8.63. The number of fused-ring (bicyclic) bond motifs is 1. The summed E-state index contributed by atoms with van der Waals surface area (Å²) in [4.78, 5) is 0. The average molecular weight is 295 g/mol. The van der Waals surface area contributed by atoms with Gasteiger partial charge in [-0.25, -0.2) is 8.42 Å². The molecule has 2 N–H and O–H groups in total. The largest absolute Gasteiger partial charge is 0.329 e. The van der Waals surface area contributed by atoms with Gasteiger partial charge in [-0.2, -0.15) is 5.10 Å². The van der Waals surface area contributed by atoms with E-state index in [1.54, 1.807) is 4.68 Å². The highest BCUT2D eigenvalue weighted by Crippen LogP contribution is 2.23. The van der Waals surface area contributed by atoms with E-state index in [0.717, 1.165) is 18.4 Å². The van der Waals surface area contributed by atoms with Gasteiger partial charge in [0.25, 0.3) is 0 Å². The first kappa shape index (κ1) is 15.0. The van der Waals surface area contributed by atoms with Crippen molar-refractivity contribution >= 4 is 20.7 Å². The van der Waals surface area contributed by atoms with Crippen LogP contribution in [0.2, 0.25) is 0 Å². The van der Waals surface area contributed by atoms with Gasteiger partial charge in [-0.3, -0.25) is 4.68 Å². The molecule has 1 aromatic heterocycles. The average Bonchev–Trinajstić information content (AvgIpc) is 2.80. The molecule has 0 unspecified atom stereocenters. The lowest BCUT2D eigenvalue weighted by Gasteiger charge is -2.01. The number of sulfone groups is 1. The number of rotatable bonds is 7. The number of aromatic nitrogens is 2. The lowest BCUT2D eigenvalue weighted by atomic mass is 10.2. The molecule has 2 rings (SSSR count). The molecular formula is C14H21N3O2S. The molecule has 0 aliphatic rings. The normalized spacial score (nSPS) is 12.1. The Kier molecular flexibility index (Phi) is 4.77. The number of para-hydroxylation sites is 1. The minimum Gasteiger partial charge on any atom is -0.329 e. The summed E-state index contributed by atoms with van der Waals surface area (Å²) in [6.45, 7) is 3.00. The van der Waals surface area contributed by atoms with Crippen molar-refractivity contribution in [2.45, 2.75) is 37.8 Å². The summed E-state index contributed by atoms with van der Waals surface area (Å²) in [6.07, 6.45) is 2.59. The second kappa shape index (κ2) is 6.37. The SMILES string of the molecule is CCCCCS(=O)(=O)c1nn(CCN)c2ccccc12. The van der Waals surface area contributed by atoms with E-state index in [0.29, 0.717) is 24.9 Å². The van der Waals surface area contributed by atoms with Crippen molar-refractivity contribution < 1.29 is 8.42 Å². The van der Waals surface area contributed by atoms with Crippen LogP contribution < -0.4 is 5.73 Å². The number of hydrogen-bond donors (Lipinski definition) is 1. The van der Waals surface area contributed by atoms with Crippen LogP contribution in [-0.2, 0) is 16.4 Å². The van der Waals surface area contributed by atoms with E-state index in [9.17, 15) is 8.42 Å². The quantitative estimate of drug-likeness (QED) is 0.792. The van der Waals surface area contributed by atoms with Crippen LogP contribution >= 0.6 is 0 Å². The summed E-state index contributed by atoms with van der Waals surface area (Å²) >= 11 is 0. The summed E-state index contributed by atoms with van der Waals surface area (Å²) in [5.41, 5.74) is 6.38. The van der Waals surface area contributed by atoms with Gasteiger partial charge in [-0.15, -0.1) is 0 Å². The number of hydrogen-bond acceptors (Lipinski definition) is 4. The number of nitrogens with two attached hydrogens (primary N) is 1. The molecule has 20 heavy (non-hydrogen) atoms. The Morgan fingerprint density at radius 3 is 2.70 bits per heavy atom. The van der Waals surface area contributed by atoms with Crippen LogP contribution in [0.5, 0.6) is 0 Å². The Bertz CT molecular complexity index is 677. The Labute approximate surface area is 119 Å². The van der Waals surface area contributed by atoms with E-state index in [1.807, 2.05) is 24.3 Å². The molecule has 0 spiro atoms. The van der Waals surface area contributed by atoms with Crippen molar-refractivity contribution in [3.63, 3.8) is 0 Å². The van der Waals surface area contributed by atoms with Crippen molar-refractivity contribution in [2.24, 2.45) is 5.73 Å². The summed E-state index contributed by atoms with van der Waals surface area (Å²) in [5.74, 6) is 0.157. The predicted octanol–water partition coefficient (Wildman–Crippen LogP) is 1.96. The van der Waals surface area contributed by atoms with Crippen molar-refractivity contribution in [3.8, 4) is 0 Å². The molecule has 0 radical (unpaired) electrons. The summed E-state index contributed by atoms with van der Waals surface area (Å²) in [7, 11) is -3.33. The van der Waals surface area contributed by atoms with E-state index in [2.05, 4.69) is 12.0 Å². The summed E-state index contributed by atoms with van der Waals surface area (Å²) in [6, 6.07) is 7.40. The number of unbranched alkanes of at least 4 members (excludes halogenated alkanes) is 2. The van der Waals surface area contributed by atoms with Crippen molar-refractivity contribution in [1.29, 1.82) is 0 Å². The Balaban J connectivity index is 2.43. The molecule has 6 heteroatoms. The molecule has 0 bridgehead atoms. The number of nitrogens with zero attached hydrogens (tertiary/aromatic N) is 2. The maximum Gasteiger partial charge on any atom is 0.198 e. The van der Waals surface area contributed by atoms with Crippen molar-refractivity contribution in [3.05, 3.63) is 24.3 Å². The fourth-order valence-corrected chi connectivity index (χ4v) is 3.77. The molecule has 0 atom stereocenters. The van der Waals surface area contributed by atoms with Gasteiger partial charge in [-0.05, 0) is 18.6 Å². The Morgan fingerprint density at radius 2 is 2.00 bits per heavy atom. The van der Waals surface area contributed by atoms with Crippen LogP contribution in [0.3, 0.4) is 0 Å². The molecular weight excluding hydrogens is 274 g/mol. The zero-order valence-electron chi connectivity index (χ0n) is 11.7. The van der Waals surface area contributed by atoms with Crippen LogP contribution in [0, 0.1) is 0 Å². The van der Waals surface area contributed by atoms with Gasteiger partial charge in [0.05, 0.1) is 17.8 Å². The molecule has 2 aromatic rings. The molecule has 0 saturated carbocycles. The van der Waals surface area contributed by atoms with Crippen LogP contribution in [-0.4, -0.2) is 30.5 Å². The van der Waals surface area contributed by atoms with E-state index in [1.165, 1.54) is 0 Å². The highest BCUT2D eigenvalue weighted by molar-refractivity contribution is 7.91. The van der Waals surface area contributed by atoms with Gasteiger partial charge in [0.1, 0.15) is 0 Å². The van der Waals surface area contributed by atoms with Gasteiger partial charge in [0.2, 0.25) is 0 Å². The highest BCUT2D eigenvalue weighted by Gasteiger charge is 2.22. The van der Waals surface area contributed by atoms with Gasteiger partial charge >= 0.3 is 0 Å². The third kappa shape index (κ3) is 3.02. The van der Waals surface area contributed by atoms with Gasteiger partial charge in [0.15, 0.2) is 14.9 Å². The third-order valence-corrected chi connectivity index (χ3v) is 4.99. The molecule has 1 aromatic carbocycles. The molecule has 0 saturated heterocycles. The second-order valence-corrected chi connectivity index (χ2v) is 6.88. The van der Waals surface area contributed by atoms with E-state index in [4.69, 9.17) is 5.73 Å². The van der Waals surface area contributed by atoms with Crippen LogP contribution in [0.25, 0.3) is 10.9 Å². The fraction of sp³-hybridized carbons (Fsp3) is 0.500. The molecule has 0 aliphatic heterocycles. The zero-order valence-corrected chi connectivity index (χ0v) is 12.6. The Morgan fingerprint density at radius 1 is 1.25 bits per heavy atom. The van der Waals surface area contributed by atoms with Crippen LogP contribution in [0.15, 0.2) is 29.3 Å². The topological polar surface area (TPSA) is 78.0 Å². The minimum atomic E-state index is -3.33. The second-order valence-electron chi connectivity index (χ2n) is 4.86. The molecule has 0 aliphatic carbocycles. The van der Waals surface area contributed by atoms with E-state index < -0.39 is 9.84 Å². The van der Waals surface area contributed by atoms with Crippen LogP contribution in [0.1, 0.15) is 26.2 Å². The predicted molar refractivity (Wildman–Crippen MR) is 80.4 cm³/mol. The fourth-order valence-electron chi connectivity index (χ4n) is 2.26. The van der Waals surface area contributed by atoms with E-state index >= 15 is 0 Å². The monoisotopic (exact) mass is 295 g/mol. The molecule has 1 heterocycles. The minimum absolute atomic E-state index is 0.157. The third-order valence-electron chi connectivity index (χ3n) is 3.28. The van der Waals surface area contributed by atoms with Gasteiger partial charge < -0.3 is 5.73 Å². The Hall–Kier alpha value is -1.40. The standard InChI is InChI=1S/C14H21N3O2S/c1-2-3-6-11-20(18,19)14-12-7-4-5-8-13(12)17(16-14)10-9-15/h4-5,7-8H,2-3,6,9-11,15H2,1H3. The molecule has 110 valence electrons. The maximum atomic E-state index is 12.4. The first-order chi connectivity index (χ1) is 9.60. The molecule has 5 nitrogen and oxygen atoms in total. The first-order valence-electron chi connectivity index (χ1n) is 6.98. The van der Waals surface area contributed by atoms with Gasteiger partial charge in [0, 0.05) is 11.9 Å². The lowest BCUT2D eigenvalue weighted by molar-refractivity contribution is 0.576. The maximum absolute atomic E-state index is 12.4. The number of benzene rings is 1. The molecule has 0 amide bonds. The smallest absolute Gasteiger partial charge is 0.198 e. The lowest BCUT2D eigenvalue weighted by Crippen LogP contribution is -2.13. The van der Waals surface area contributed by atoms with Crippen molar-refractivity contribution in [1.82, 2.24) is 9.78 Å².